The Hall–Kier alpha value is -1.32. The molecule has 3 nitrogen and oxygen atoms in total. The Morgan fingerprint density at radius 1 is 1.41 bits per heavy atom. The lowest BCUT2D eigenvalue weighted by atomic mass is 10.2. The van der Waals surface area contributed by atoms with Crippen LogP contribution in [0.4, 0.5) is 0 Å². The highest BCUT2D eigenvalue weighted by atomic mass is 35.5. The molecule has 1 saturated heterocycles. The second kappa shape index (κ2) is 5.34. The summed E-state index contributed by atoms with van der Waals surface area (Å²) in [7, 11) is 0. The van der Waals surface area contributed by atoms with Gasteiger partial charge in [-0.15, -0.1) is 0 Å². The Morgan fingerprint density at radius 2 is 2.12 bits per heavy atom. The summed E-state index contributed by atoms with van der Waals surface area (Å²) in [5.74, 6) is -0.0588. The van der Waals surface area contributed by atoms with Gasteiger partial charge in [-0.2, -0.15) is 0 Å². The van der Waals surface area contributed by atoms with Crippen LogP contribution in [0, 0.1) is 0 Å². The van der Waals surface area contributed by atoms with Crippen LogP contribution in [0.25, 0.3) is 6.08 Å². The fourth-order valence-electron chi connectivity index (χ4n) is 1.79. The molecule has 0 aliphatic carbocycles. The van der Waals surface area contributed by atoms with Gasteiger partial charge in [0.05, 0.1) is 6.10 Å². The van der Waals surface area contributed by atoms with Crippen LogP contribution in [0.2, 0.25) is 5.02 Å². The smallest absolute Gasteiger partial charge is 0.246 e. The number of halogens is 1. The van der Waals surface area contributed by atoms with E-state index in [4.69, 9.17) is 11.6 Å². The first kappa shape index (κ1) is 12.1. The molecule has 1 aliphatic heterocycles. The van der Waals surface area contributed by atoms with Gasteiger partial charge in [0.1, 0.15) is 0 Å². The van der Waals surface area contributed by atoms with E-state index in [1.54, 1.807) is 23.1 Å². The number of β-amino-alcohol motifs (C(OH)–C–C–N with tert-alkyl or cyclic N) is 1. The van der Waals surface area contributed by atoms with E-state index in [1.165, 1.54) is 6.08 Å². The number of carbonyl (C=O) groups is 1. The van der Waals surface area contributed by atoms with Gasteiger partial charge in [-0.3, -0.25) is 4.79 Å². The van der Waals surface area contributed by atoms with Gasteiger partial charge in [0.2, 0.25) is 5.91 Å². The number of aliphatic hydroxyl groups excluding tert-OH is 1. The molecule has 1 atom stereocenters. The molecule has 1 amide bonds. The maximum Gasteiger partial charge on any atom is 0.246 e. The second-order valence-corrected chi connectivity index (χ2v) is 4.55. The highest BCUT2D eigenvalue weighted by Gasteiger charge is 2.22. The Bertz CT molecular complexity index is 428. The van der Waals surface area contributed by atoms with E-state index in [2.05, 4.69) is 0 Å². The van der Waals surface area contributed by atoms with Crippen LogP contribution in [0.5, 0.6) is 0 Å². The quantitative estimate of drug-likeness (QED) is 0.817. The molecule has 4 heteroatoms. The van der Waals surface area contributed by atoms with Crippen LogP contribution in [0.15, 0.2) is 30.3 Å². The summed E-state index contributed by atoms with van der Waals surface area (Å²) < 4.78 is 0. The molecule has 90 valence electrons. The predicted molar refractivity (Wildman–Crippen MR) is 67.7 cm³/mol. The van der Waals surface area contributed by atoms with Crippen LogP contribution in [-0.4, -0.2) is 35.1 Å². The zero-order valence-corrected chi connectivity index (χ0v) is 10.1. The molecule has 0 saturated carbocycles. The van der Waals surface area contributed by atoms with Gasteiger partial charge >= 0.3 is 0 Å². The van der Waals surface area contributed by atoms with E-state index < -0.39 is 0 Å². The number of benzene rings is 1. The lowest BCUT2D eigenvalue weighted by Gasteiger charge is -2.12. The third-order valence-electron chi connectivity index (χ3n) is 2.76. The minimum absolute atomic E-state index is 0.0588. The molecule has 1 aromatic carbocycles. The van der Waals surface area contributed by atoms with Crippen LogP contribution in [0.3, 0.4) is 0 Å². The van der Waals surface area contributed by atoms with Crippen LogP contribution in [-0.2, 0) is 4.79 Å². The third kappa shape index (κ3) is 3.32. The summed E-state index contributed by atoms with van der Waals surface area (Å²) in [6.45, 7) is 1.06. The summed E-state index contributed by atoms with van der Waals surface area (Å²) in [4.78, 5) is 13.4. The van der Waals surface area contributed by atoms with E-state index in [1.807, 2.05) is 12.1 Å². The lowest BCUT2D eigenvalue weighted by molar-refractivity contribution is -0.125. The molecule has 1 fully saturated rings. The number of nitrogens with zero attached hydrogens (tertiary/aromatic N) is 1. The second-order valence-electron chi connectivity index (χ2n) is 4.11. The van der Waals surface area contributed by atoms with Gasteiger partial charge in [-0.05, 0) is 30.2 Å². The van der Waals surface area contributed by atoms with Crippen molar-refractivity contribution in [1.29, 1.82) is 0 Å². The van der Waals surface area contributed by atoms with Gasteiger partial charge in [0.15, 0.2) is 0 Å². The normalized spacial score (nSPS) is 20.1. The average Bonchev–Trinajstić information content (AvgIpc) is 2.75. The van der Waals surface area contributed by atoms with Crippen LogP contribution in [0.1, 0.15) is 12.0 Å². The minimum atomic E-state index is -0.372. The molecular formula is C13H14ClNO2. The van der Waals surface area contributed by atoms with Gasteiger partial charge in [-0.25, -0.2) is 0 Å². The fourth-order valence-corrected chi connectivity index (χ4v) is 1.91. The number of hydrogen-bond donors (Lipinski definition) is 1. The number of rotatable bonds is 2. The summed E-state index contributed by atoms with van der Waals surface area (Å²) in [5.41, 5.74) is 0.933. The summed E-state index contributed by atoms with van der Waals surface area (Å²) in [6.07, 6.45) is 3.58. The van der Waals surface area contributed by atoms with Crippen molar-refractivity contribution in [3.05, 3.63) is 40.9 Å². The van der Waals surface area contributed by atoms with Crippen molar-refractivity contribution in [3.63, 3.8) is 0 Å². The maximum atomic E-state index is 11.7. The zero-order valence-electron chi connectivity index (χ0n) is 9.34. The molecule has 1 N–H and O–H groups in total. The topological polar surface area (TPSA) is 40.5 Å². The maximum absolute atomic E-state index is 11.7. The first-order chi connectivity index (χ1) is 8.15. The van der Waals surface area contributed by atoms with Crippen molar-refractivity contribution in [2.24, 2.45) is 0 Å². The van der Waals surface area contributed by atoms with Crippen molar-refractivity contribution < 1.29 is 9.90 Å². The first-order valence-corrected chi connectivity index (χ1v) is 5.93. The monoisotopic (exact) mass is 251 g/mol. The molecule has 0 bridgehead atoms. The molecule has 1 heterocycles. The minimum Gasteiger partial charge on any atom is -0.391 e. The Labute approximate surface area is 105 Å². The van der Waals surface area contributed by atoms with Gasteiger partial charge in [0.25, 0.3) is 0 Å². The number of hydrogen-bond acceptors (Lipinski definition) is 2. The fraction of sp³-hybridized carbons (Fsp3) is 0.308. The van der Waals surface area contributed by atoms with Crippen molar-refractivity contribution in [1.82, 2.24) is 4.90 Å². The highest BCUT2D eigenvalue weighted by molar-refractivity contribution is 6.30. The van der Waals surface area contributed by atoms with Gasteiger partial charge in [0, 0.05) is 24.2 Å². The van der Waals surface area contributed by atoms with Crippen LogP contribution < -0.4 is 0 Å². The van der Waals surface area contributed by atoms with E-state index in [0.717, 1.165) is 5.56 Å². The predicted octanol–water partition coefficient (Wildman–Crippen LogP) is 1.95. The first-order valence-electron chi connectivity index (χ1n) is 5.56. The molecule has 0 aromatic heterocycles. The van der Waals surface area contributed by atoms with Crippen molar-refractivity contribution >= 4 is 23.6 Å². The van der Waals surface area contributed by atoms with Crippen molar-refractivity contribution in [2.75, 3.05) is 13.1 Å². The lowest BCUT2D eigenvalue weighted by Crippen LogP contribution is -2.27. The molecule has 17 heavy (non-hydrogen) atoms. The van der Waals surface area contributed by atoms with Gasteiger partial charge < -0.3 is 10.0 Å². The van der Waals surface area contributed by atoms with E-state index in [-0.39, 0.29) is 12.0 Å². The molecule has 0 unspecified atom stereocenters. The average molecular weight is 252 g/mol. The van der Waals surface area contributed by atoms with Gasteiger partial charge in [-0.1, -0.05) is 23.7 Å². The molecule has 1 aromatic rings. The van der Waals surface area contributed by atoms with E-state index in [0.29, 0.717) is 24.5 Å². The number of likely N-dealkylation sites (tertiary alicyclic amines) is 1. The number of amides is 1. The third-order valence-corrected chi connectivity index (χ3v) is 3.02. The summed E-state index contributed by atoms with van der Waals surface area (Å²) >= 11 is 5.77. The molecule has 2 rings (SSSR count). The van der Waals surface area contributed by atoms with Crippen molar-refractivity contribution in [2.45, 2.75) is 12.5 Å². The van der Waals surface area contributed by atoms with E-state index in [9.17, 15) is 9.90 Å². The highest BCUT2D eigenvalue weighted by Crippen LogP contribution is 2.12. The molecule has 1 aliphatic rings. The number of carbonyl (C=O) groups excluding carboxylic acids is 1. The van der Waals surface area contributed by atoms with Crippen molar-refractivity contribution in [3.8, 4) is 0 Å². The van der Waals surface area contributed by atoms with Crippen LogP contribution >= 0.6 is 11.6 Å². The largest absolute Gasteiger partial charge is 0.391 e. The standard InChI is InChI=1S/C13H14ClNO2/c14-11-4-1-10(2-5-11)3-6-13(17)15-8-7-12(16)9-15/h1-6,12,16H,7-9H2/t12-/m0/s1. The Balaban J connectivity index is 1.96. The Kier molecular flexibility index (Phi) is 3.82. The molecule has 0 spiro atoms. The Morgan fingerprint density at radius 3 is 2.71 bits per heavy atom. The zero-order chi connectivity index (χ0) is 12.3. The summed E-state index contributed by atoms with van der Waals surface area (Å²) in [6, 6.07) is 7.27. The van der Waals surface area contributed by atoms with E-state index >= 15 is 0 Å². The number of aliphatic hydroxyl groups is 1. The molecular weight excluding hydrogens is 238 g/mol. The summed E-state index contributed by atoms with van der Waals surface area (Å²) in [5, 5.41) is 10.0. The SMILES string of the molecule is O=C(C=Cc1ccc(Cl)cc1)N1CC[C@H](O)C1. The molecule has 0 radical (unpaired) electrons.